The summed E-state index contributed by atoms with van der Waals surface area (Å²) in [6, 6.07) is 0. The van der Waals surface area contributed by atoms with Crippen LogP contribution in [0.25, 0.3) is 0 Å². The zero-order chi connectivity index (χ0) is 5.98. The fraction of sp³-hybridized carbons (Fsp3) is 0.750. The van der Waals surface area contributed by atoms with Gasteiger partial charge in [0.05, 0.1) is 6.10 Å². The predicted molar refractivity (Wildman–Crippen MR) is 29.4 cm³/mol. The maximum atomic E-state index is 6.93. The van der Waals surface area contributed by atoms with Crippen LogP contribution in [0.3, 0.4) is 0 Å². The van der Waals surface area contributed by atoms with Gasteiger partial charge in [-0.1, -0.05) is 0 Å². The van der Waals surface area contributed by atoms with E-state index in [4.69, 9.17) is 10.2 Å². The molecule has 0 bridgehead atoms. The lowest BCUT2D eigenvalue weighted by atomic mass is 10.4. The van der Waals surface area contributed by atoms with Crippen molar-refractivity contribution < 1.29 is 4.84 Å². The van der Waals surface area contributed by atoms with E-state index in [1.54, 1.807) is 0 Å². The maximum absolute atomic E-state index is 6.93. The zero-order valence-corrected chi connectivity index (χ0v) is 4.69. The van der Waals surface area contributed by atoms with Crippen LogP contribution in [0.5, 0.6) is 0 Å². The molecule has 1 heterocycles. The molecule has 0 aromatic rings. The summed E-state index contributed by atoms with van der Waals surface area (Å²) in [5.74, 6) is 0.239. The van der Waals surface area contributed by atoms with Gasteiger partial charge in [-0.15, -0.1) is 0 Å². The van der Waals surface area contributed by atoms with Crippen LogP contribution >= 0.6 is 0 Å². The van der Waals surface area contributed by atoms with Crippen molar-refractivity contribution in [1.29, 1.82) is 5.41 Å². The van der Waals surface area contributed by atoms with Gasteiger partial charge in [-0.2, -0.15) is 0 Å². The van der Waals surface area contributed by atoms with E-state index >= 15 is 0 Å². The molecule has 0 aliphatic carbocycles. The Bertz CT molecular complexity index is 93.5. The molecule has 4 heteroatoms. The smallest absolute Gasteiger partial charge is 0.212 e. The third-order valence-corrected chi connectivity index (χ3v) is 0.928. The van der Waals surface area contributed by atoms with Crippen molar-refractivity contribution in [3.63, 3.8) is 0 Å². The fourth-order valence-electron chi connectivity index (χ4n) is 0.483. The topological polar surface area (TPSA) is 57.1 Å². The lowest BCUT2D eigenvalue weighted by Gasteiger charge is -2.21. The summed E-state index contributed by atoms with van der Waals surface area (Å²) in [5.41, 5.74) is 2.40. The molecule has 46 valence electrons. The van der Waals surface area contributed by atoms with Crippen LogP contribution < -0.4 is 10.8 Å². The first kappa shape index (κ1) is 5.37. The summed E-state index contributed by atoms with van der Waals surface area (Å²) in [6.45, 7) is 2.64. The minimum Gasteiger partial charge on any atom is -0.352 e. The van der Waals surface area contributed by atoms with E-state index in [0.717, 1.165) is 0 Å². The predicted octanol–water partition coefficient (Wildman–Crippen LogP) is -0.566. The van der Waals surface area contributed by atoms with E-state index in [-0.39, 0.29) is 12.1 Å². The molecule has 4 nitrogen and oxygen atoms in total. The minimum absolute atomic E-state index is 0.157. The number of nitrogens with one attached hydrogen (secondary N) is 3. The Morgan fingerprint density at radius 1 is 1.88 bits per heavy atom. The molecule has 1 rings (SSSR count). The summed E-state index contributed by atoms with van der Waals surface area (Å²) in [7, 11) is 0. The van der Waals surface area contributed by atoms with E-state index in [1.807, 2.05) is 6.92 Å². The summed E-state index contributed by atoms with van der Waals surface area (Å²) in [6.07, 6.45) is 0.157. The molecule has 0 aromatic carbocycles. The number of guanidine groups is 1. The van der Waals surface area contributed by atoms with Gasteiger partial charge in [0.15, 0.2) is 0 Å². The van der Waals surface area contributed by atoms with Crippen molar-refractivity contribution in [2.45, 2.75) is 13.0 Å². The van der Waals surface area contributed by atoms with Crippen molar-refractivity contribution in [1.82, 2.24) is 10.8 Å². The SMILES string of the molecule is CC1CNC(=N)NO1. The Hall–Kier alpha value is -0.770. The molecule has 0 radical (unpaired) electrons. The molecule has 1 aliphatic rings. The van der Waals surface area contributed by atoms with Crippen molar-refractivity contribution in [2.75, 3.05) is 6.54 Å². The van der Waals surface area contributed by atoms with Gasteiger partial charge in [-0.05, 0) is 6.92 Å². The molecule has 0 amide bonds. The highest BCUT2D eigenvalue weighted by Crippen LogP contribution is 1.87. The fourth-order valence-corrected chi connectivity index (χ4v) is 0.483. The largest absolute Gasteiger partial charge is 0.352 e. The average molecular weight is 115 g/mol. The second-order valence-corrected chi connectivity index (χ2v) is 1.79. The van der Waals surface area contributed by atoms with Gasteiger partial charge in [0.1, 0.15) is 0 Å². The highest BCUT2D eigenvalue weighted by atomic mass is 16.7. The molecule has 3 N–H and O–H groups in total. The second kappa shape index (κ2) is 2.00. The average Bonchev–Trinajstić information content (AvgIpc) is 1.77. The summed E-state index contributed by atoms with van der Waals surface area (Å²) in [4.78, 5) is 4.85. The van der Waals surface area contributed by atoms with Crippen LogP contribution in [0.1, 0.15) is 6.92 Å². The van der Waals surface area contributed by atoms with Crippen LogP contribution in [0, 0.1) is 5.41 Å². The van der Waals surface area contributed by atoms with Gasteiger partial charge in [0.2, 0.25) is 5.96 Å². The van der Waals surface area contributed by atoms with Crippen LogP contribution in [0.4, 0.5) is 0 Å². The molecule has 1 unspecified atom stereocenters. The third-order valence-electron chi connectivity index (χ3n) is 0.928. The molecule has 0 spiro atoms. The summed E-state index contributed by atoms with van der Waals surface area (Å²) in [5, 5.41) is 9.71. The Morgan fingerprint density at radius 3 is 3.00 bits per heavy atom. The highest BCUT2D eigenvalue weighted by Gasteiger charge is 2.09. The first-order valence-corrected chi connectivity index (χ1v) is 2.53. The Labute approximate surface area is 47.7 Å². The van der Waals surface area contributed by atoms with Crippen LogP contribution in [-0.4, -0.2) is 18.6 Å². The van der Waals surface area contributed by atoms with E-state index < -0.39 is 0 Å². The molecule has 0 saturated carbocycles. The third kappa shape index (κ3) is 1.10. The van der Waals surface area contributed by atoms with Gasteiger partial charge in [0.25, 0.3) is 0 Å². The normalized spacial score (nSPS) is 28.6. The number of hydrogen-bond donors (Lipinski definition) is 3. The molecule has 1 aliphatic heterocycles. The van der Waals surface area contributed by atoms with Gasteiger partial charge >= 0.3 is 0 Å². The van der Waals surface area contributed by atoms with Crippen molar-refractivity contribution in [2.24, 2.45) is 0 Å². The highest BCUT2D eigenvalue weighted by molar-refractivity contribution is 5.75. The number of rotatable bonds is 0. The number of hydrogen-bond acceptors (Lipinski definition) is 2. The van der Waals surface area contributed by atoms with Crippen LogP contribution in [0.15, 0.2) is 0 Å². The monoisotopic (exact) mass is 115 g/mol. The maximum Gasteiger partial charge on any atom is 0.212 e. The van der Waals surface area contributed by atoms with Crippen LogP contribution in [-0.2, 0) is 4.84 Å². The first-order chi connectivity index (χ1) is 3.79. The lowest BCUT2D eigenvalue weighted by Crippen LogP contribution is -2.48. The number of hydroxylamine groups is 1. The van der Waals surface area contributed by atoms with E-state index in [9.17, 15) is 0 Å². The quantitative estimate of drug-likeness (QED) is 0.396. The van der Waals surface area contributed by atoms with Gasteiger partial charge in [-0.25, -0.2) is 5.48 Å². The first-order valence-electron chi connectivity index (χ1n) is 2.53. The Kier molecular flexibility index (Phi) is 1.34. The molecular weight excluding hydrogens is 106 g/mol. The molecule has 1 saturated heterocycles. The van der Waals surface area contributed by atoms with Crippen molar-refractivity contribution >= 4 is 5.96 Å². The second-order valence-electron chi connectivity index (χ2n) is 1.79. The Morgan fingerprint density at radius 2 is 2.62 bits per heavy atom. The standard InChI is InChI=1S/C4H9N3O/c1-3-2-6-4(5)7-8-3/h3H,2H2,1H3,(H3,5,6,7). The zero-order valence-electron chi connectivity index (χ0n) is 4.69. The molecule has 0 aromatic heterocycles. The van der Waals surface area contributed by atoms with Gasteiger partial charge < -0.3 is 5.32 Å². The lowest BCUT2D eigenvalue weighted by molar-refractivity contribution is 0.00661. The summed E-state index contributed by atoms with van der Waals surface area (Å²) >= 11 is 0. The summed E-state index contributed by atoms with van der Waals surface area (Å²) < 4.78 is 0. The van der Waals surface area contributed by atoms with E-state index in [1.165, 1.54) is 0 Å². The molecule has 1 atom stereocenters. The molecular formula is C4H9N3O. The van der Waals surface area contributed by atoms with Crippen molar-refractivity contribution in [3.8, 4) is 0 Å². The van der Waals surface area contributed by atoms with Crippen LogP contribution in [0.2, 0.25) is 0 Å². The molecule has 1 fully saturated rings. The van der Waals surface area contributed by atoms with E-state index in [0.29, 0.717) is 6.54 Å². The van der Waals surface area contributed by atoms with Gasteiger partial charge in [-0.3, -0.25) is 10.2 Å². The van der Waals surface area contributed by atoms with Crippen molar-refractivity contribution in [3.05, 3.63) is 0 Å². The van der Waals surface area contributed by atoms with E-state index in [2.05, 4.69) is 10.8 Å². The molecule has 8 heavy (non-hydrogen) atoms. The van der Waals surface area contributed by atoms with Gasteiger partial charge in [0, 0.05) is 6.54 Å². The minimum atomic E-state index is 0.157. The Balaban J connectivity index is 2.29.